The number of amidine groups is 1. The first kappa shape index (κ1) is 20.4. The maximum absolute atomic E-state index is 13.5. The number of amides is 1. The van der Waals surface area contributed by atoms with Crippen molar-refractivity contribution < 1.29 is 19.3 Å². The SMILES string of the molecule is Cc1cc(C(C(=O)N2CC(O)CC2C2=NOC(C)(c3ccccc3)N2)C(C)C)on1. The second-order valence-corrected chi connectivity index (χ2v) is 8.58. The van der Waals surface area contributed by atoms with Crippen molar-refractivity contribution in [2.24, 2.45) is 11.1 Å². The summed E-state index contributed by atoms with van der Waals surface area (Å²) in [6.45, 7) is 7.91. The van der Waals surface area contributed by atoms with E-state index in [-0.39, 0.29) is 18.4 Å². The minimum Gasteiger partial charge on any atom is -0.391 e. The van der Waals surface area contributed by atoms with Gasteiger partial charge in [-0.05, 0) is 12.8 Å². The van der Waals surface area contributed by atoms with Crippen molar-refractivity contribution in [1.29, 1.82) is 0 Å². The normalized spacial score (nSPS) is 27.0. The quantitative estimate of drug-likeness (QED) is 0.783. The lowest BCUT2D eigenvalue weighted by atomic mass is 9.91. The number of aliphatic hydroxyl groups is 1. The molecule has 0 bridgehead atoms. The van der Waals surface area contributed by atoms with Gasteiger partial charge in [-0.1, -0.05) is 54.5 Å². The minimum atomic E-state index is -0.821. The Morgan fingerprint density at radius 2 is 2.07 bits per heavy atom. The fraction of sp³-hybridized carbons (Fsp3) is 0.500. The number of β-amino-alcohol motifs (C(OH)–C–C–N with tert-alkyl or cyclic N) is 1. The van der Waals surface area contributed by atoms with Gasteiger partial charge >= 0.3 is 0 Å². The number of nitrogens with one attached hydrogen (secondary N) is 1. The van der Waals surface area contributed by atoms with Crippen LogP contribution in [0.5, 0.6) is 0 Å². The van der Waals surface area contributed by atoms with E-state index in [1.165, 1.54) is 0 Å². The van der Waals surface area contributed by atoms with E-state index in [1.807, 2.05) is 58.0 Å². The molecule has 1 saturated heterocycles. The lowest BCUT2D eigenvalue weighted by Crippen LogP contribution is -2.50. The summed E-state index contributed by atoms with van der Waals surface area (Å²) in [5.41, 5.74) is 0.839. The Morgan fingerprint density at radius 3 is 2.70 bits per heavy atom. The monoisotopic (exact) mass is 412 g/mol. The first-order valence-electron chi connectivity index (χ1n) is 10.3. The molecule has 0 spiro atoms. The molecule has 2 aliphatic heterocycles. The molecule has 4 atom stereocenters. The molecule has 1 aromatic carbocycles. The van der Waals surface area contributed by atoms with Crippen molar-refractivity contribution in [2.75, 3.05) is 6.54 Å². The lowest BCUT2D eigenvalue weighted by Gasteiger charge is -2.30. The maximum atomic E-state index is 13.5. The number of carbonyl (C=O) groups is 1. The van der Waals surface area contributed by atoms with Crippen LogP contribution in [-0.4, -0.2) is 45.6 Å². The zero-order chi connectivity index (χ0) is 21.5. The minimum absolute atomic E-state index is 0.00699. The van der Waals surface area contributed by atoms with Gasteiger partial charge in [0.2, 0.25) is 11.6 Å². The Labute approximate surface area is 175 Å². The van der Waals surface area contributed by atoms with Gasteiger partial charge in [-0.2, -0.15) is 0 Å². The molecule has 4 unspecified atom stereocenters. The molecule has 30 heavy (non-hydrogen) atoms. The molecule has 8 heteroatoms. The van der Waals surface area contributed by atoms with Crippen LogP contribution in [0.15, 0.2) is 46.1 Å². The fourth-order valence-corrected chi connectivity index (χ4v) is 4.22. The summed E-state index contributed by atoms with van der Waals surface area (Å²) in [5.74, 6) is 0.498. The molecular formula is C22H28N4O4. The number of hydrogen-bond acceptors (Lipinski definition) is 7. The highest BCUT2D eigenvalue weighted by Gasteiger charge is 2.46. The standard InChI is InChI=1S/C22H28N4O4/c1-13(2)19(18-10-14(3)24-29-18)21(28)26-12-16(27)11-17(26)20-23-22(4,30-25-20)15-8-6-5-7-9-15/h5-10,13,16-17,19,27H,11-12H2,1-4H3,(H,23,25). The van der Waals surface area contributed by atoms with E-state index in [4.69, 9.17) is 9.36 Å². The highest BCUT2D eigenvalue weighted by molar-refractivity contribution is 5.94. The van der Waals surface area contributed by atoms with E-state index in [2.05, 4.69) is 15.6 Å². The van der Waals surface area contributed by atoms with Crippen LogP contribution in [-0.2, 0) is 15.4 Å². The number of rotatable bonds is 5. The number of nitrogens with zero attached hydrogens (tertiary/aromatic N) is 3. The third-order valence-corrected chi connectivity index (χ3v) is 5.78. The van der Waals surface area contributed by atoms with Crippen molar-refractivity contribution in [3.63, 3.8) is 0 Å². The molecule has 160 valence electrons. The maximum Gasteiger partial charge on any atom is 0.234 e. The van der Waals surface area contributed by atoms with Crippen molar-refractivity contribution in [3.8, 4) is 0 Å². The molecule has 1 amide bonds. The summed E-state index contributed by atoms with van der Waals surface area (Å²) in [7, 11) is 0. The third kappa shape index (κ3) is 3.67. The van der Waals surface area contributed by atoms with Crippen molar-refractivity contribution in [2.45, 2.75) is 57.9 Å². The van der Waals surface area contributed by atoms with Crippen LogP contribution in [0, 0.1) is 12.8 Å². The second kappa shape index (κ2) is 7.75. The number of hydrogen-bond donors (Lipinski definition) is 2. The zero-order valence-corrected chi connectivity index (χ0v) is 17.7. The summed E-state index contributed by atoms with van der Waals surface area (Å²) in [4.78, 5) is 21.0. The van der Waals surface area contributed by atoms with E-state index < -0.39 is 23.8 Å². The summed E-state index contributed by atoms with van der Waals surface area (Å²) < 4.78 is 5.42. The molecule has 1 fully saturated rings. The van der Waals surface area contributed by atoms with Crippen LogP contribution in [0.3, 0.4) is 0 Å². The van der Waals surface area contributed by atoms with Gasteiger partial charge in [-0.15, -0.1) is 0 Å². The number of oxime groups is 1. The first-order valence-corrected chi connectivity index (χ1v) is 10.3. The van der Waals surface area contributed by atoms with Crippen molar-refractivity contribution in [3.05, 3.63) is 53.4 Å². The molecule has 4 rings (SSSR count). The number of aliphatic hydroxyl groups excluding tert-OH is 1. The van der Waals surface area contributed by atoms with Gasteiger partial charge in [0.1, 0.15) is 11.7 Å². The van der Waals surface area contributed by atoms with Crippen LogP contribution in [0.4, 0.5) is 0 Å². The van der Waals surface area contributed by atoms with Gasteiger partial charge in [-0.25, -0.2) is 0 Å². The van der Waals surface area contributed by atoms with Gasteiger partial charge in [0, 0.05) is 31.5 Å². The Hall–Kier alpha value is -2.87. The largest absolute Gasteiger partial charge is 0.391 e. The molecule has 0 saturated carbocycles. The smallest absolute Gasteiger partial charge is 0.234 e. The Balaban J connectivity index is 1.57. The predicted molar refractivity (Wildman–Crippen MR) is 110 cm³/mol. The highest BCUT2D eigenvalue weighted by atomic mass is 16.7. The molecule has 2 aromatic rings. The zero-order valence-electron chi connectivity index (χ0n) is 17.7. The van der Waals surface area contributed by atoms with Crippen molar-refractivity contribution in [1.82, 2.24) is 15.4 Å². The number of carbonyl (C=O) groups excluding carboxylic acids is 1. The van der Waals surface area contributed by atoms with Crippen LogP contribution >= 0.6 is 0 Å². The molecule has 2 aliphatic rings. The Bertz CT molecular complexity index is 942. The average molecular weight is 412 g/mol. The first-order chi connectivity index (χ1) is 14.3. The molecule has 3 heterocycles. The van der Waals surface area contributed by atoms with E-state index in [0.717, 1.165) is 11.3 Å². The average Bonchev–Trinajstić information content (AvgIpc) is 3.41. The summed E-state index contributed by atoms with van der Waals surface area (Å²) in [5, 5.41) is 21.9. The van der Waals surface area contributed by atoms with Crippen molar-refractivity contribution >= 4 is 11.7 Å². The van der Waals surface area contributed by atoms with Gasteiger partial charge < -0.3 is 24.7 Å². The molecular weight excluding hydrogens is 384 g/mol. The summed E-state index contributed by atoms with van der Waals surface area (Å²) in [6.07, 6.45) is -0.234. The van der Waals surface area contributed by atoms with E-state index >= 15 is 0 Å². The summed E-state index contributed by atoms with van der Waals surface area (Å²) >= 11 is 0. The number of likely N-dealkylation sites (tertiary alicyclic amines) is 1. The predicted octanol–water partition coefficient (Wildman–Crippen LogP) is 2.49. The lowest BCUT2D eigenvalue weighted by molar-refractivity contribution is -0.134. The molecule has 0 radical (unpaired) electrons. The van der Waals surface area contributed by atoms with Crippen LogP contribution in [0.1, 0.15) is 50.1 Å². The Kier molecular flexibility index (Phi) is 5.27. The van der Waals surface area contributed by atoms with Crippen LogP contribution < -0.4 is 5.32 Å². The van der Waals surface area contributed by atoms with E-state index in [9.17, 15) is 9.90 Å². The van der Waals surface area contributed by atoms with Gasteiger partial charge in [0.15, 0.2) is 5.84 Å². The van der Waals surface area contributed by atoms with Gasteiger partial charge in [0.25, 0.3) is 0 Å². The molecule has 8 nitrogen and oxygen atoms in total. The van der Waals surface area contributed by atoms with Gasteiger partial charge in [-0.3, -0.25) is 4.79 Å². The number of aryl methyl sites for hydroxylation is 1. The third-order valence-electron chi connectivity index (χ3n) is 5.78. The Morgan fingerprint density at radius 1 is 1.33 bits per heavy atom. The van der Waals surface area contributed by atoms with Crippen LogP contribution in [0.2, 0.25) is 0 Å². The van der Waals surface area contributed by atoms with Gasteiger partial charge in [0.05, 0.1) is 17.8 Å². The number of benzene rings is 1. The van der Waals surface area contributed by atoms with E-state index in [1.54, 1.807) is 11.0 Å². The number of aromatic nitrogens is 1. The molecule has 0 aliphatic carbocycles. The molecule has 2 N–H and O–H groups in total. The molecule has 1 aromatic heterocycles. The van der Waals surface area contributed by atoms with Crippen LogP contribution in [0.25, 0.3) is 0 Å². The highest BCUT2D eigenvalue weighted by Crippen LogP contribution is 2.33. The summed E-state index contributed by atoms with van der Waals surface area (Å²) in [6, 6.07) is 11.1. The fourth-order valence-electron chi connectivity index (χ4n) is 4.22. The van der Waals surface area contributed by atoms with E-state index in [0.29, 0.717) is 18.0 Å². The topological polar surface area (TPSA) is 100 Å². The second-order valence-electron chi connectivity index (χ2n) is 8.58.